The molecule has 2 unspecified atom stereocenters. The molecular weight excluding hydrogens is 471 g/mol. The number of hydrogen-bond donors (Lipinski definition) is 0. The highest BCUT2D eigenvalue weighted by Crippen LogP contribution is 2.46. The largest absolute Gasteiger partial charge is 0.312 e. The normalized spacial score (nSPS) is 21.8. The van der Waals surface area contributed by atoms with Crippen LogP contribution in [0.25, 0.3) is 0 Å². The number of fused-ring (bicyclic) bond motifs is 2. The number of nitrogens with zero attached hydrogens (tertiary/aromatic N) is 2. The van der Waals surface area contributed by atoms with Gasteiger partial charge in [0, 0.05) is 30.1 Å². The summed E-state index contributed by atoms with van der Waals surface area (Å²) in [6.07, 6.45) is 3.93. The third-order valence-electron chi connectivity index (χ3n) is 6.54. The number of amides is 2. The van der Waals surface area contributed by atoms with Crippen LogP contribution in [0.5, 0.6) is 0 Å². The first-order valence-electron chi connectivity index (χ1n) is 10.6. The highest BCUT2D eigenvalue weighted by Gasteiger charge is 2.52. The van der Waals surface area contributed by atoms with E-state index in [0.29, 0.717) is 41.7 Å². The lowest BCUT2D eigenvalue weighted by molar-refractivity contribution is -0.124. The van der Waals surface area contributed by atoms with Gasteiger partial charge in [-0.15, -0.1) is 0 Å². The molecule has 0 radical (unpaired) electrons. The molecular formula is C23H22Cl2N2O4S. The van der Waals surface area contributed by atoms with E-state index in [9.17, 15) is 18.0 Å². The van der Waals surface area contributed by atoms with Gasteiger partial charge in [0.05, 0.1) is 27.4 Å². The van der Waals surface area contributed by atoms with Crippen molar-refractivity contribution in [1.82, 2.24) is 0 Å². The molecule has 2 heterocycles. The molecule has 1 fully saturated rings. The van der Waals surface area contributed by atoms with Crippen LogP contribution in [0, 0.1) is 11.8 Å². The van der Waals surface area contributed by atoms with E-state index < -0.39 is 9.84 Å². The summed E-state index contributed by atoms with van der Waals surface area (Å²) in [6, 6.07) is 8.37. The van der Waals surface area contributed by atoms with Crippen molar-refractivity contribution in [3.8, 4) is 0 Å². The fourth-order valence-corrected chi connectivity index (χ4v) is 6.16. The van der Waals surface area contributed by atoms with Gasteiger partial charge in [-0.25, -0.2) is 8.42 Å². The number of anilines is 2. The molecule has 3 aliphatic rings. The molecule has 0 spiro atoms. The van der Waals surface area contributed by atoms with Gasteiger partial charge in [0.1, 0.15) is 0 Å². The van der Waals surface area contributed by atoms with Crippen LogP contribution < -0.4 is 9.80 Å². The minimum absolute atomic E-state index is 0.0691. The van der Waals surface area contributed by atoms with Gasteiger partial charge in [-0.1, -0.05) is 23.2 Å². The molecule has 0 saturated heterocycles. The van der Waals surface area contributed by atoms with Crippen molar-refractivity contribution < 1.29 is 18.0 Å². The molecule has 9 heteroatoms. The van der Waals surface area contributed by atoms with E-state index >= 15 is 0 Å². The Bertz CT molecular complexity index is 1260. The van der Waals surface area contributed by atoms with E-state index in [1.54, 1.807) is 28.0 Å². The summed E-state index contributed by atoms with van der Waals surface area (Å²) in [5.74, 6) is -0.868. The van der Waals surface area contributed by atoms with Crippen molar-refractivity contribution in [3.63, 3.8) is 0 Å². The molecule has 0 aromatic heterocycles. The highest BCUT2D eigenvalue weighted by atomic mass is 35.5. The fourth-order valence-electron chi connectivity index (χ4n) is 4.85. The maximum atomic E-state index is 13.3. The first kappa shape index (κ1) is 21.7. The Balaban J connectivity index is 1.34. The molecule has 2 aliphatic heterocycles. The Morgan fingerprint density at radius 3 is 2.38 bits per heavy atom. The summed E-state index contributed by atoms with van der Waals surface area (Å²) < 4.78 is 23.7. The predicted molar refractivity (Wildman–Crippen MR) is 124 cm³/mol. The summed E-state index contributed by atoms with van der Waals surface area (Å²) >= 11 is 12.5. The lowest BCUT2D eigenvalue weighted by atomic mass is 10.0. The monoisotopic (exact) mass is 492 g/mol. The number of sulfone groups is 1. The number of aryl methyl sites for hydroxylation is 1. The molecule has 2 atom stereocenters. The van der Waals surface area contributed by atoms with Crippen LogP contribution in [-0.4, -0.2) is 39.6 Å². The standard InChI is InChI=1S/C23H22Cl2N2O4S/c1-32(30,31)16-4-5-20-13(10-16)6-8-26(20)22(28)17-12-18(17)23(29)27-7-2-3-14-9-15(24)11-19(25)21(14)27/h4-5,9-11,17-18H,2-3,6-8,12H2,1H3. The van der Waals surface area contributed by atoms with Gasteiger partial charge >= 0.3 is 0 Å². The van der Waals surface area contributed by atoms with Crippen molar-refractivity contribution in [2.75, 3.05) is 29.1 Å². The van der Waals surface area contributed by atoms with Crippen molar-refractivity contribution in [2.45, 2.75) is 30.6 Å². The van der Waals surface area contributed by atoms with Crippen molar-refractivity contribution in [1.29, 1.82) is 0 Å². The molecule has 1 aliphatic carbocycles. The quantitative estimate of drug-likeness (QED) is 0.650. The van der Waals surface area contributed by atoms with E-state index in [4.69, 9.17) is 23.2 Å². The second-order valence-electron chi connectivity index (χ2n) is 8.74. The number of benzene rings is 2. The van der Waals surface area contributed by atoms with Crippen molar-refractivity contribution >= 4 is 56.2 Å². The number of carbonyl (C=O) groups excluding carboxylic acids is 2. The maximum absolute atomic E-state index is 13.3. The second-order valence-corrected chi connectivity index (χ2v) is 11.6. The van der Waals surface area contributed by atoms with Crippen LogP contribution in [0.2, 0.25) is 10.0 Å². The lowest BCUT2D eigenvalue weighted by Crippen LogP contribution is -2.38. The number of hydrogen-bond acceptors (Lipinski definition) is 4. The topological polar surface area (TPSA) is 74.8 Å². The SMILES string of the molecule is CS(=O)(=O)c1ccc2c(c1)CCN2C(=O)C1CC1C(=O)N1CCCc2cc(Cl)cc(Cl)c21. The highest BCUT2D eigenvalue weighted by molar-refractivity contribution is 7.90. The lowest BCUT2D eigenvalue weighted by Gasteiger charge is -2.31. The van der Waals surface area contributed by atoms with Gasteiger partial charge < -0.3 is 9.80 Å². The third-order valence-corrected chi connectivity index (χ3v) is 8.15. The van der Waals surface area contributed by atoms with Crippen LogP contribution in [0.4, 0.5) is 11.4 Å². The minimum atomic E-state index is -3.30. The maximum Gasteiger partial charge on any atom is 0.230 e. The van der Waals surface area contributed by atoms with E-state index in [1.807, 2.05) is 6.07 Å². The average Bonchev–Trinajstić information content (AvgIpc) is 3.42. The zero-order chi connectivity index (χ0) is 22.8. The Morgan fingerprint density at radius 1 is 0.938 bits per heavy atom. The second kappa shape index (κ2) is 7.75. The van der Waals surface area contributed by atoms with Gasteiger partial charge in [-0.05, 0) is 67.1 Å². The van der Waals surface area contributed by atoms with Crippen LogP contribution in [0.3, 0.4) is 0 Å². The molecule has 0 bridgehead atoms. The number of rotatable bonds is 3. The zero-order valence-corrected chi connectivity index (χ0v) is 19.8. The van der Waals surface area contributed by atoms with Crippen molar-refractivity contribution in [2.24, 2.45) is 11.8 Å². The Morgan fingerprint density at radius 2 is 1.66 bits per heavy atom. The van der Waals surface area contributed by atoms with Crippen LogP contribution >= 0.6 is 23.2 Å². The average molecular weight is 493 g/mol. The smallest absolute Gasteiger partial charge is 0.230 e. The van der Waals surface area contributed by atoms with Gasteiger partial charge in [0.15, 0.2) is 9.84 Å². The minimum Gasteiger partial charge on any atom is -0.312 e. The molecule has 0 N–H and O–H groups in total. The van der Waals surface area contributed by atoms with Gasteiger partial charge in [0.2, 0.25) is 11.8 Å². The summed E-state index contributed by atoms with van der Waals surface area (Å²) in [6.45, 7) is 1.07. The summed E-state index contributed by atoms with van der Waals surface area (Å²) in [5, 5.41) is 1.01. The van der Waals surface area contributed by atoms with E-state index in [-0.39, 0.29) is 28.5 Å². The molecule has 6 nitrogen and oxygen atoms in total. The van der Waals surface area contributed by atoms with E-state index in [2.05, 4.69) is 0 Å². The third kappa shape index (κ3) is 3.70. The summed E-state index contributed by atoms with van der Waals surface area (Å²) in [4.78, 5) is 30.1. The van der Waals surface area contributed by atoms with E-state index in [1.165, 1.54) is 12.3 Å². The zero-order valence-electron chi connectivity index (χ0n) is 17.5. The van der Waals surface area contributed by atoms with Crippen LogP contribution in [-0.2, 0) is 32.3 Å². The summed E-state index contributed by atoms with van der Waals surface area (Å²) in [5.41, 5.74) is 3.26. The number of halogens is 2. The Labute approximate surface area is 197 Å². The Hall–Kier alpha value is -2.09. The van der Waals surface area contributed by atoms with Gasteiger partial charge in [-0.2, -0.15) is 0 Å². The molecule has 5 rings (SSSR count). The Kier molecular flexibility index (Phi) is 5.26. The first-order valence-corrected chi connectivity index (χ1v) is 13.2. The molecule has 2 aromatic rings. The summed E-state index contributed by atoms with van der Waals surface area (Å²) in [7, 11) is -3.30. The van der Waals surface area contributed by atoms with Gasteiger partial charge in [-0.3, -0.25) is 9.59 Å². The van der Waals surface area contributed by atoms with Crippen LogP contribution in [0.1, 0.15) is 24.0 Å². The van der Waals surface area contributed by atoms with Crippen LogP contribution in [0.15, 0.2) is 35.2 Å². The predicted octanol–water partition coefficient (Wildman–Crippen LogP) is 3.90. The molecule has 32 heavy (non-hydrogen) atoms. The molecule has 168 valence electrons. The molecule has 1 saturated carbocycles. The molecule has 2 aromatic carbocycles. The van der Waals surface area contributed by atoms with E-state index in [0.717, 1.165) is 29.7 Å². The van der Waals surface area contributed by atoms with Gasteiger partial charge in [0.25, 0.3) is 0 Å². The number of carbonyl (C=O) groups is 2. The first-order chi connectivity index (χ1) is 15.1. The van der Waals surface area contributed by atoms with Crippen molar-refractivity contribution in [3.05, 3.63) is 51.5 Å². The molecule has 2 amide bonds. The fraction of sp³-hybridized carbons (Fsp3) is 0.391.